The van der Waals surface area contributed by atoms with E-state index in [1.165, 1.54) is 7.11 Å². The van der Waals surface area contributed by atoms with Gasteiger partial charge in [-0.25, -0.2) is 0 Å². The molecule has 0 bridgehead atoms. The normalized spacial score (nSPS) is 12.3. The van der Waals surface area contributed by atoms with E-state index in [4.69, 9.17) is 27.2 Å². The van der Waals surface area contributed by atoms with Crippen molar-refractivity contribution >= 4 is 17.6 Å². The zero-order valence-corrected chi connectivity index (χ0v) is 10.8. The van der Waals surface area contributed by atoms with Gasteiger partial charge in [0.05, 0.1) is 18.1 Å². The van der Waals surface area contributed by atoms with E-state index in [0.29, 0.717) is 16.3 Å². The zero-order valence-electron chi connectivity index (χ0n) is 10.1. The minimum atomic E-state index is -1.00. The summed E-state index contributed by atoms with van der Waals surface area (Å²) in [6, 6.07) is 1.86. The third-order valence-corrected chi connectivity index (χ3v) is 3.21. The summed E-state index contributed by atoms with van der Waals surface area (Å²) in [4.78, 5) is 11.2. The highest BCUT2D eigenvalue weighted by Gasteiger charge is 2.26. The first-order valence-corrected chi connectivity index (χ1v) is 5.58. The van der Waals surface area contributed by atoms with E-state index in [9.17, 15) is 4.79 Å². The van der Waals surface area contributed by atoms with Gasteiger partial charge in [0, 0.05) is 12.1 Å². The topological polar surface area (TPSA) is 72.5 Å². The summed E-state index contributed by atoms with van der Waals surface area (Å²) >= 11 is 6.17. The molecule has 1 atom stereocenters. The van der Waals surface area contributed by atoms with Gasteiger partial charge in [-0.2, -0.15) is 0 Å². The highest BCUT2D eigenvalue weighted by Crippen LogP contribution is 2.38. The minimum Gasteiger partial charge on any atom is -0.496 e. The predicted molar refractivity (Wildman–Crippen MR) is 66.9 cm³/mol. The molecule has 0 saturated heterocycles. The molecule has 17 heavy (non-hydrogen) atoms. The fourth-order valence-corrected chi connectivity index (χ4v) is 2.17. The summed E-state index contributed by atoms with van der Waals surface area (Å²) in [7, 11) is 1.49. The second kappa shape index (κ2) is 5.38. The van der Waals surface area contributed by atoms with Crippen LogP contribution < -0.4 is 10.5 Å². The number of carboxylic acid groups (broad SMARTS) is 1. The number of halogens is 1. The average Bonchev–Trinajstić information content (AvgIpc) is 2.25. The van der Waals surface area contributed by atoms with Crippen molar-refractivity contribution in [3.05, 3.63) is 27.8 Å². The van der Waals surface area contributed by atoms with Crippen LogP contribution in [0.4, 0.5) is 0 Å². The maximum absolute atomic E-state index is 11.2. The quantitative estimate of drug-likeness (QED) is 0.866. The molecule has 0 saturated carbocycles. The molecule has 0 amide bonds. The van der Waals surface area contributed by atoms with Crippen molar-refractivity contribution in [2.24, 2.45) is 5.73 Å². The molecular weight excluding hydrogens is 242 g/mol. The third-order valence-electron chi connectivity index (χ3n) is 2.70. The molecule has 0 radical (unpaired) electrons. The van der Waals surface area contributed by atoms with Crippen LogP contribution in [0.3, 0.4) is 0 Å². The summed E-state index contributed by atoms with van der Waals surface area (Å²) in [5.41, 5.74) is 7.63. The van der Waals surface area contributed by atoms with Crippen molar-refractivity contribution in [3.8, 4) is 5.75 Å². The van der Waals surface area contributed by atoms with Crippen LogP contribution in [0.25, 0.3) is 0 Å². The van der Waals surface area contributed by atoms with Crippen LogP contribution in [-0.4, -0.2) is 24.7 Å². The van der Waals surface area contributed by atoms with Crippen molar-refractivity contribution < 1.29 is 14.6 Å². The molecule has 1 rings (SSSR count). The molecular formula is C12H16ClNO3. The van der Waals surface area contributed by atoms with Crippen molar-refractivity contribution in [2.75, 3.05) is 13.7 Å². The third kappa shape index (κ3) is 2.53. The van der Waals surface area contributed by atoms with Gasteiger partial charge >= 0.3 is 5.97 Å². The van der Waals surface area contributed by atoms with Crippen LogP contribution in [0, 0.1) is 13.8 Å². The molecule has 4 nitrogen and oxygen atoms in total. The van der Waals surface area contributed by atoms with Gasteiger partial charge in [0.1, 0.15) is 5.75 Å². The van der Waals surface area contributed by atoms with Crippen molar-refractivity contribution in [1.82, 2.24) is 0 Å². The van der Waals surface area contributed by atoms with E-state index in [2.05, 4.69) is 0 Å². The lowest BCUT2D eigenvalue weighted by molar-refractivity contribution is -0.138. The lowest BCUT2D eigenvalue weighted by atomic mass is 9.94. The Balaban J connectivity index is 3.53. The molecule has 5 heteroatoms. The number of carboxylic acids is 1. The number of hydrogen-bond donors (Lipinski definition) is 2. The van der Waals surface area contributed by atoms with Gasteiger partial charge in [0.15, 0.2) is 0 Å². The number of ether oxygens (including phenoxy) is 1. The number of carbonyl (C=O) groups is 1. The van der Waals surface area contributed by atoms with Crippen molar-refractivity contribution in [2.45, 2.75) is 19.8 Å². The fraction of sp³-hybridized carbons (Fsp3) is 0.417. The number of rotatable bonds is 4. The predicted octanol–water partition coefficient (Wildman–Crippen LogP) is 2.09. The SMILES string of the molecule is COc1c(C)cc(C)c(Cl)c1C(CN)C(=O)O. The highest BCUT2D eigenvalue weighted by molar-refractivity contribution is 6.32. The van der Waals surface area contributed by atoms with Gasteiger partial charge in [0.2, 0.25) is 0 Å². The summed E-state index contributed by atoms with van der Waals surface area (Å²) < 4.78 is 5.24. The van der Waals surface area contributed by atoms with Crippen LogP contribution in [0.15, 0.2) is 6.07 Å². The van der Waals surface area contributed by atoms with Gasteiger partial charge in [-0.05, 0) is 25.0 Å². The molecule has 1 aromatic carbocycles. The van der Waals surface area contributed by atoms with Crippen molar-refractivity contribution in [3.63, 3.8) is 0 Å². The molecule has 0 aliphatic heterocycles. The Morgan fingerprint density at radius 1 is 1.53 bits per heavy atom. The smallest absolute Gasteiger partial charge is 0.312 e. The van der Waals surface area contributed by atoms with Crippen LogP contribution in [0.2, 0.25) is 5.02 Å². The van der Waals surface area contributed by atoms with Gasteiger partial charge in [0.25, 0.3) is 0 Å². The summed E-state index contributed by atoms with van der Waals surface area (Å²) in [6.07, 6.45) is 0. The monoisotopic (exact) mass is 257 g/mol. The molecule has 1 aromatic rings. The minimum absolute atomic E-state index is 0.0195. The van der Waals surface area contributed by atoms with E-state index >= 15 is 0 Å². The van der Waals surface area contributed by atoms with E-state index in [1.807, 2.05) is 19.9 Å². The largest absolute Gasteiger partial charge is 0.496 e. The lowest BCUT2D eigenvalue weighted by Gasteiger charge is -2.19. The fourth-order valence-electron chi connectivity index (χ4n) is 1.90. The summed E-state index contributed by atoms with van der Waals surface area (Å²) in [5, 5.41) is 9.57. The number of benzene rings is 1. The van der Waals surface area contributed by atoms with E-state index in [-0.39, 0.29) is 6.54 Å². The highest BCUT2D eigenvalue weighted by atomic mass is 35.5. The van der Waals surface area contributed by atoms with Gasteiger partial charge in [-0.3, -0.25) is 4.79 Å². The van der Waals surface area contributed by atoms with Crippen LogP contribution in [0.5, 0.6) is 5.75 Å². The van der Waals surface area contributed by atoms with Gasteiger partial charge < -0.3 is 15.6 Å². The summed E-state index contributed by atoms with van der Waals surface area (Å²) in [5.74, 6) is -1.35. The molecule has 3 N–H and O–H groups in total. The van der Waals surface area contributed by atoms with Crippen LogP contribution >= 0.6 is 11.6 Å². The number of aliphatic carboxylic acids is 1. The molecule has 1 unspecified atom stereocenters. The zero-order chi connectivity index (χ0) is 13.2. The van der Waals surface area contributed by atoms with Crippen LogP contribution in [0.1, 0.15) is 22.6 Å². The molecule has 94 valence electrons. The molecule has 0 spiro atoms. The Hall–Kier alpha value is -1.26. The average molecular weight is 258 g/mol. The molecule has 0 heterocycles. The number of nitrogens with two attached hydrogens (primary N) is 1. The molecule has 0 aromatic heterocycles. The maximum atomic E-state index is 11.2. The Labute approximate surface area is 105 Å². The number of methoxy groups -OCH3 is 1. The maximum Gasteiger partial charge on any atom is 0.312 e. The first-order chi connectivity index (χ1) is 7.93. The Morgan fingerprint density at radius 2 is 2.12 bits per heavy atom. The first-order valence-electron chi connectivity index (χ1n) is 5.20. The molecule has 0 fully saturated rings. The Kier molecular flexibility index (Phi) is 4.37. The molecule has 0 aliphatic carbocycles. The lowest BCUT2D eigenvalue weighted by Crippen LogP contribution is -2.22. The second-order valence-corrected chi connectivity index (χ2v) is 4.28. The van der Waals surface area contributed by atoms with Crippen LogP contribution in [-0.2, 0) is 4.79 Å². The van der Waals surface area contributed by atoms with E-state index in [1.54, 1.807) is 0 Å². The van der Waals surface area contributed by atoms with E-state index < -0.39 is 11.9 Å². The standard InChI is InChI=1S/C12H16ClNO3/c1-6-4-7(2)11(17-3)9(10(6)13)8(5-14)12(15)16/h4,8H,5,14H2,1-3H3,(H,15,16). The Morgan fingerprint density at radius 3 is 2.53 bits per heavy atom. The molecule has 0 aliphatic rings. The Bertz CT molecular complexity index is 446. The summed E-state index contributed by atoms with van der Waals surface area (Å²) in [6.45, 7) is 3.66. The van der Waals surface area contributed by atoms with Gasteiger partial charge in [-0.1, -0.05) is 17.7 Å². The number of hydrogen-bond acceptors (Lipinski definition) is 3. The van der Waals surface area contributed by atoms with Gasteiger partial charge in [-0.15, -0.1) is 0 Å². The van der Waals surface area contributed by atoms with Crippen molar-refractivity contribution in [1.29, 1.82) is 0 Å². The second-order valence-electron chi connectivity index (χ2n) is 3.90. The number of aryl methyl sites for hydroxylation is 2. The van der Waals surface area contributed by atoms with E-state index in [0.717, 1.165) is 11.1 Å². The first kappa shape index (κ1) is 13.8.